The van der Waals surface area contributed by atoms with Crippen molar-refractivity contribution in [1.29, 1.82) is 0 Å². The van der Waals surface area contributed by atoms with Crippen molar-refractivity contribution in [3.8, 4) is 0 Å². The van der Waals surface area contributed by atoms with Gasteiger partial charge in [-0.05, 0) is 48.6 Å². The lowest BCUT2D eigenvalue weighted by Gasteiger charge is -2.36. The van der Waals surface area contributed by atoms with Crippen LogP contribution in [-0.4, -0.2) is 28.3 Å². The lowest BCUT2D eigenvalue weighted by Crippen LogP contribution is -2.53. The van der Waals surface area contributed by atoms with Gasteiger partial charge < -0.3 is 10.6 Å². The smallest absolute Gasteiger partial charge is 0.323 e. The van der Waals surface area contributed by atoms with Gasteiger partial charge in [0.15, 0.2) is 0 Å². The van der Waals surface area contributed by atoms with Crippen LogP contribution in [0.4, 0.5) is 10.5 Å². The highest BCUT2D eigenvalue weighted by Gasteiger charge is 2.54. The molecule has 1 aliphatic carbocycles. The van der Waals surface area contributed by atoms with Gasteiger partial charge in [0.05, 0.1) is 6.54 Å². The first-order chi connectivity index (χ1) is 14.0. The first-order valence-electron chi connectivity index (χ1n) is 10.1. The molecule has 1 saturated carbocycles. The monoisotopic (exact) mass is 391 g/mol. The molecule has 2 atom stereocenters. The number of anilines is 1. The molecule has 1 heterocycles. The standard InChI is InChI=1S/C23H25N3O3/c1-16-7-5-6-14-23(16)21(28)26(22(29)25-23)15-17-10-12-18(13-11-17)20(27)24-19-8-3-2-4-9-19/h2-4,8-13,16H,5-7,14-15H2,1H3,(H,24,27)(H,25,29). The minimum Gasteiger partial charge on any atom is -0.323 e. The molecular weight excluding hydrogens is 366 g/mol. The van der Waals surface area contributed by atoms with Crippen LogP contribution < -0.4 is 10.6 Å². The summed E-state index contributed by atoms with van der Waals surface area (Å²) in [6.45, 7) is 2.25. The van der Waals surface area contributed by atoms with Crippen molar-refractivity contribution in [2.75, 3.05) is 5.32 Å². The van der Waals surface area contributed by atoms with Gasteiger partial charge in [-0.3, -0.25) is 14.5 Å². The summed E-state index contributed by atoms with van der Waals surface area (Å²) in [5.41, 5.74) is 1.32. The number of carbonyl (C=O) groups excluding carboxylic acids is 3. The number of imide groups is 1. The maximum absolute atomic E-state index is 13.1. The molecule has 29 heavy (non-hydrogen) atoms. The van der Waals surface area contributed by atoms with Crippen LogP contribution in [0.1, 0.15) is 48.5 Å². The van der Waals surface area contributed by atoms with E-state index in [0.717, 1.165) is 30.5 Å². The van der Waals surface area contributed by atoms with Crippen molar-refractivity contribution in [2.24, 2.45) is 5.92 Å². The molecule has 2 fully saturated rings. The zero-order valence-corrected chi connectivity index (χ0v) is 16.5. The molecule has 0 radical (unpaired) electrons. The lowest BCUT2D eigenvalue weighted by atomic mass is 9.73. The topological polar surface area (TPSA) is 78.5 Å². The van der Waals surface area contributed by atoms with Crippen molar-refractivity contribution >= 4 is 23.5 Å². The third-order valence-corrected chi connectivity index (χ3v) is 6.09. The number of urea groups is 1. The molecule has 2 N–H and O–H groups in total. The van der Waals surface area contributed by atoms with Crippen LogP contribution in [0.2, 0.25) is 0 Å². The number of amides is 4. The molecule has 4 amide bonds. The third-order valence-electron chi connectivity index (χ3n) is 6.09. The van der Waals surface area contributed by atoms with E-state index in [0.29, 0.717) is 12.0 Å². The van der Waals surface area contributed by atoms with Crippen molar-refractivity contribution in [1.82, 2.24) is 10.2 Å². The summed E-state index contributed by atoms with van der Waals surface area (Å²) in [5, 5.41) is 5.81. The number of nitrogens with zero attached hydrogens (tertiary/aromatic N) is 1. The fraction of sp³-hybridized carbons (Fsp3) is 0.348. The van der Waals surface area contributed by atoms with Gasteiger partial charge in [0.2, 0.25) is 0 Å². The number of benzene rings is 2. The van der Waals surface area contributed by atoms with Crippen LogP contribution in [0.5, 0.6) is 0 Å². The molecule has 0 bridgehead atoms. The molecule has 2 aromatic rings. The Labute approximate surface area is 170 Å². The molecule has 4 rings (SSSR count). The quantitative estimate of drug-likeness (QED) is 0.775. The van der Waals surface area contributed by atoms with Crippen LogP contribution in [0.15, 0.2) is 54.6 Å². The van der Waals surface area contributed by atoms with E-state index >= 15 is 0 Å². The molecule has 2 unspecified atom stereocenters. The van der Waals surface area contributed by atoms with Gasteiger partial charge in [-0.15, -0.1) is 0 Å². The molecule has 150 valence electrons. The highest BCUT2D eigenvalue weighted by atomic mass is 16.2. The van der Waals surface area contributed by atoms with E-state index in [1.807, 2.05) is 37.3 Å². The second-order valence-electron chi connectivity index (χ2n) is 7.96. The average Bonchev–Trinajstić information content (AvgIpc) is 2.96. The van der Waals surface area contributed by atoms with Gasteiger partial charge >= 0.3 is 6.03 Å². The Bertz CT molecular complexity index is 926. The van der Waals surface area contributed by atoms with E-state index in [1.165, 1.54) is 4.90 Å². The van der Waals surface area contributed by atoms with Gasteiger partial charge in [0.25, 0.3) is 11.8 Å². The largest absolute Gasteiger partial charge is 0.325 e. The number of para-hydroxylation sites is 1. The average molecular weight is 391 g/mol. The summed E-state index contributed by atoms with van der Waals surface area (Å²) in [4.78, 5) is 39.3. The third kappa shape index (κ3) is 3.62. The van der Waals surface area contributed by atoms with Crippen molar-refractivity contribution in [2.45, 2.75) is 44.7 Å². The molecule has 2 aromatic carbocycles. The predicted molar refractivity (Wildman–Crippen MR) is 110 cm³/mol. The summed E-state index contributed by atoms with van der Waals surface area (Å²) in [6, 6.07) is 15.9. The van der Waals surface area contributed by atoms with Gasteiger partial charge in [0, 0.05) is 11.3 Å². The Kier molecular flexibility index (Phi) is 5.09. The van der Waals surface area contributed by atoms with E-state index in [2.05, 4.69) is 10.6 Å². The minimum atomic E-state index is -0.745. The van der Waals surface area contributed by atoms with Gasteiger partial charge in [-0.1, -0.05) is 50.1 Å². The zero-order valence-electron chi connectivity index (χ0n) is 16.5. The molecule has 2 aliphatic rings. The van der Waals surface area contributed by atoms with Gasteiger partial charge in [0.1, 0.15) is 5.54 Å². The minimum absolute atomic E-state index is 0.124. The Morgan fingerprint density at radius 2 is 1.83 bits per heavy atom. The number of rotatable bonds is 4. The van der Waals surface area contributed by atoms with Crippen molar-refractivity contribution in [3.05, 3.63) is 65.7 Å². The van der Waals surface area contributed by atoms with E-state index in [1.54, 1.807) is 24.3 Å². The van der Waals surface area contributed by atoms with Crippen molar-refractivity contribution < 1.29 is 14.4 Å². The summed E-state index contributed by atoms with van der Waals surface area (Å²) in [5.74, 6) is -0.185. The second kappa shape index (κ2) is 7.70. The summed E-state index contributed by atoms with van der Waals surface area (Å²) >= 11 is 0. The first-order valence-corrected chi connectivity index (χ1v) is 10.1. The molecule has 6 heteroatoms. The second-order valence-corrected chi connectivity index (χ2v) is 7.96. The molecule has 0 aromatic heterocycles. The number of hydrogen-bond donors (Lipinski definition) is 2. The number of carbonyl (C=O) groups is 3. The maximum Gasteiger partial charge on any atom is 0.325 e. The Morgan fingerprint density at radius 1 is 1.10 bits per heavy atom. The number of nitrogens with one attached hydrogen (secondary N) is 2. The Balaban J connectivity index is 1.44. The fourth-order valence-corrected chi connectivity index (χ4v) is 4.31. The van der Waals surface area contributed by atoms with Crippen LogP contribution in [0.25, 0.3) is 0 Å². The SMILES string of the molecule is CC1CCCCC12NC(=O)N(Cc1ccc(C(=O)Nc3ccccc3)cc1)C2=O. The van der Waals surface area contributed by atoms with Crippen LogP contribution in [0.3, 0.4) is 0 Å². The van der Waals surface area contributed by atoms with E-state index in [4.69, 9.17) is 0 Å². The molecule has 1 saturated heterocycles. The predicted octanol–water partition coefficient (Wildman–Crippen LogP) is 3.94. The van der Waals surface area contributed by atoms with Gasteiger partial charge in [-0.2, -0.15) is 0 Å². The van der Waals surface area contributed by atoms with Crippen LogP contribution >= 0.6 is 0 Å². The maximum atomic E-state index is 13.1. The lowest BCUT2D eigenvalue weighted by molar-refractivity contribution is -0.134. The van der Waals surface area contributed by atoms with E-state index in [9.17, 15) is 14.4 Å². The van der Waals surface area contributed by atoms with E-state index in [-0.39, 0.29) is 30.3 Å². The highest BCUT2D eigenvalue weighted by molar-refractivity contribution is 6.07. The van der Waals surface area contributed by atoms with Crippen LogP contribution in [-0.2, 0) is 11.3 Å². The zero-order chi connectivity index (χ0) is 20.4. The summed E-state index contributed by atoms with van der Waals surface area (Å²) in [6.07, 6.45) is 3.70. The molecule has 1 aliphatic heterocycles. The number of hydrogen-bond acceptors (Lipinski definition) is 3. The summed E-state index contributed by atoms with van der Waals surface area (Å²) in [7, 11) is 0. The van der Waals surface area contributed by atoms with E-state index < -0.39 is 5.54 Å². The molecule has 1 spiro atoms. The Hall–Kier alpha value is -3.15. The highest BCUT2D eigenvalue weighted by Crippen LogP contribution is 2.38. The molecule has 6 nitrogen and oxygen atoms in total. The van der Waals surface area contributed by atoms with Crippen molar-refractivity contribution in [3.63, 3.8) is 0 Å². The fourth-order valence-electron chi connectivity index (χ4n) is 4.31. The normalized spacial score (nSPS) is 23.9. The Morgan fingerprint density at radius 3 is 2.52 bits per heavy atom. The van der Waals surface area contributed by atoms with Crippen LogP contribution in [0, 0.1) is 5.92 Å². The first kappa shape index (κ1) is 19.2. The molecular formula is C23H25N3O3. The summed E-state index contributed by atoms with van der Waals surface area (Å²) < 4.78 is 0. The van der Waals surface area contributed by atoms with Gasteiger partial charge in [-0.25, -0.2) is 4.79 Å².